The van der Waals surface area contributed by atoms with E-state index in [1.807, 2.05) is 36.1 Å². The van der Waals surface area contributed by atoms with Gasteiger partial charge in [-0.05, 0) is 49.2 Å². The first-order valence-electron chi connectivity index (χ1n) is 8.79. The van der Waals surface area contributed by atoms with Gasteiger partial charge in [-0.3, -0.25) is 9.59 Å². The second-order valence-corrected chi connectivity index (χ2v) is 6.85. The zero-order valence-corrected chi connectivity index (χ0v) is 15.2. The number of carbonyl (C=O) groups is 2. The number of fused-ring (bicyclic) bond motifs is 1. The van der Waals surface area contributed by atoms with E-state index in [2.05, 4.69) is 5.32 Å². The van der Waals surface area contributed by atoms with Crippen molar-refractivity contribution >= 4 is 23.2 Å². The van der Waals surface area contributed by atoms with Crippen molar-refractivity contribution in [1.82, 2.24) is 0 Å². The van der Waals surface area contributed by atoms with E-state index in [0.29, 0.717) is 6.42 Å². The third-order valence-electron chi connectivity index (χ3n) is 4.88. The lowest BCUT2D eigenvalue weighted by atomic mass is 9.85. The number of para-hydroxylation sites is 1. The molecule has 0 fully saturated rings. The fourth-order valence-corrected chi connectivity index (χ4v) is 3.48. The second-order valence-electron chi connectivity index (χ2n) is 6.85. The van der Waals surface area contributed by atoms with E-state index in [1.165, 1.54) is 12.1 Å². The van der Waals surface area contributed by atoms with Crippen molar-refractivity contribution < 1.29 is 22.8 Å². The van der Waals surface area contributed by atoms with Crippen molar-refractivity contribution in [2.75, 3.05) is 16.8 Å². The van der Waals surface area contributed by atoms with Crippen molar-refractivity contribution in [3.8, 4) is 0 Å². The molecule has 0 saturated heterocycles. The number of benzene rings is 2. The Hall–Kier alpha value is -3.03. The molecule has 0 aromatic heterocycles. The lowest BCUT2D eigenvalue weighted by Crippen LogP contribution is -2.45. The maximum absolute atomic E-state index is 12.6. The predicted octanol–water partition coefficient (Wildman–Crippen LogP) is 3.51. The molecule has 2 aromatic carbocycles. The number of nitrogens with two attached hydrogens (primary N) is 1. The first-order chi connectivity index (χ1) is 13.2. The van der Waals surface area contributed by atoms with Crippen LogP contribution in [0.2, 0.25) is 0 Å². The van der Waals surface area contributed by atoms with Gasteiger partial charge in [0.25, 0.3) is 0 Å². The molecule has 0 spiro atoms. The van der Waals surface area contributed by atoms with Crippen molar-refractivity contribution in [2.24, 2.45) is 5.73 Å². The third kappa shape index (κ3) is 4.11. The fraction of sp³-hybridized carbons (Fsp3) is 0.300. The number of amides is 2. The maximum Gasteiger partial charge on any atom is 0.416 e. The molecule has 0 radical (unpaired) electrons. The minimum atomic E-state index is -4.42. The summed E-state index contributed by atoms with van der Waals surface area (Å²) in [6.07, 6.45) is -3.94. The quantitative estimate of drug-likeness (QED) is 0.838. The number of carbonyl (C=O) groups excluding carboxylic acids is 2. The Labute approximate surface area is 160 Å². The number of hydrogen-bond donors (Lipinski definition) is 2. The summed E-state index contributed by atoms with van der Waals surface area (Å²) < 4.78 is 37.9. The molecular formula is C20H20F3N3O2. The van der Waals surface area contributed by atoms with Crippen molar-refractivity contribution in [3.63, 3.8) is 0 Å². The first kappa shape index (κ1) is 19.7. The Morgan fingerprint density at radius 2 is 1.79 bits per heavy atom. The monoisotopic (exact) mass is 391 g/mol. The maximum atomic E-state index is 12.6. The molecule has 0 aliphatic carbocycles. The van der Waals surface area contributed by atoms with Crippen LogP contribution in [0.25, 0.3) is 0 Å². The highest BCUT2D eigenvalue weighted by Crippen LogP contribution is 2.38. The highest BCUT2D eigenvalue weighted by atomic mass is 19.4. The lowest BCUT2D eigenvalue weighted by Gasteiger charge is -2.39. The Morgan fingerprint density at radius 1 is 1.14 bits per heavy atom. The summed E-state index contributed by atoms with van der Waals surface area (Å²) in [4.78, 5) is 26.1. The van der Waals surface area contributed by atoms with Crippen molar-refractivity contribution in [1.29, 1.82) is 0 Å². The van der Waals surface area contributed by atoms with Crippen LogP contribution in [0.4, 0.5) is 24.5 Å². The van der Waals surface area contributed by atoms with Crippen LogP contribution in [-0.2, 0) is 15.8 Å². The first-order valence-corrected chi connectivity index (χ1v) is 8.79. The van der Waals surface area contributed by atoms with Gasteiger partial charge in [-0.25, -0.2) is 0 Å². The van der Waals surface area contributed by atoms with Gasteiger partial charge in [-0.2, -0.15) is 13.2 Å². The molecule has 1 aliphatic heterocycles. The highest BCUT2D eigenvalue weighted by Gasteiger charge is 2.34. The van der Waals surface area contributed by atoms with Crippen molar-refractivity contribution in [3.05, 3.63) is 59.7 Å². The van der Waals surface area contributed by atoms with Crippen LogP contribution in [-0.4, -0.2) is 24.4 Å². The molecular weight excluding hydrogens is 371 g/mol. The fourth-order valence-electron chi connectivity index (χ4n) is 3.48. The number of nitrogens with one attached hydrogen (secondary N) is 1. The number of alkyl halides is 3. The van der Waals surface area contributed by atoms with Crippen molar-refractivity contribution in [2.45, 2.75) is 31.5 Å². The molecule has 28 heavy (non-hydrogen) atoms. The van der Waals surface area contributed by atoms with Gasteiger partial charge >= 0.3 is 6.18 Å². The van der Waals surface area contributed by atoms with Gasteiger partial charge in [0.1, 0.15) is 0 Å². The van der Waals surface area contributed by atoms with Crippen LogP contribution in [0.1, 0.15) is 30.4 Å². The minimum absolute atomic E-state index is 0.00465. The lowest BCUT2D eigenvalue weighted by molar-refractivity contribution is -0.137. The molecule has 2 amide bonds. The van der Waals surface area contributed by atoms with Crippen LogP contribution in [0.5, 0.6) is 0 Å². The molecule has 148 valence electrons. The molecule has 1 aliphatic rings. The topological polar surface area (TPSA) is 75.4 Å². The van der Waals surface area contributed by atoms with Crippen LogP contribution >= 0.6 is 0 Å². The number of nitrogens with zero attached hydrogens (tertiary/aromatic N) is 1. The van der Waals surface area contributed by atoms with E-state index in [4.69, 9.17) is 5.73 Å². The summed E-state index contributed by atoms with van der Waals surface area (Å²) in [6, 6.07) is 11.4. The van der Waals surface area contributed by atoms with Crippen LogP contribution in [0, 0.1) is 0 Å². The molecule has 8 heteroatoms. The molecule has 5 nitrogen and oxygen atoms in total. The summed E-state index contributed by atoms with van der Waals surface area (Å²) in [5.41, 5.74) is 6.56. The summed E-state index contributed by atoms with van der Waals surface area (Å²) in [6.45, 7) is 1.90. The molecule has 1 heterocycles. The number of rotatable bonds is 4. The zero-order chi connectivity index (χ0) is 20.5. The molecule has 2 aromatic rings. The standard InChI is InChI=1S/C20H20F3N3O2/c1-12-10-16(19(24)28)15-4-2-3-5-17(15)26(12)11-18(27)25-14-8-6-13(7-9-14)20(21,22)23/h2-9,12,16H,10-11H2,1H3,(H2,24,28)(H,25,27). The highest BCUT2D eigenvalue weighted by molar-refractivity contribution is 5.95. The predicted molar refractivity (Wildman–Crippen MR) is 99.9 cm³/mol. The number of hydrogen-bond acceptors (Lipinski definition) is 3. The molecule has 2 atom stereocenters. The summed E-state index contributed by atoms with van der Waals surface area (Å²) in [5, 5.41) is 2.61. The molecule has 3 N–H and O–H groups in total. The van der Waals surface area contributed by atoms with Gasteiger partial charge in [0.15, 0.2) is 0 Å². The Kier molecular flexibility index (Phi) is 5.31. The summed E-state index contributed by atoms with van der Waals surface area (Å²) >= 11 is 0. The van der Waals surface area contributed by atoms with E-state index < -0.39 is 23.6 Å². The Balaban J connectivity index is 1.74. The van der Waals surface area contributed by atoms with E-state index >= 15 is 0 Å². The van der Waals surface area contributed by atoms with Gasteiger partial charge in [-0.15, -0.1) is 0 Å². The van der Waals surface area contributed by atoms with Gasteiger partial charge < -0.3 is 16.0 Å². The normalized spacial score (nSPS) is 19.1. The molecule has 0 saturated carbocycles. The minimum Gasteiger partial charge on any atom is -0.369 e. The van der Waals surface area contributed by atoms with E-state index in [1.54, 1.807) is 0 Å². The van der Waals surface area contributed by atoms with Gasteiger partial charge in [0, 0.05) is 17.4 Å². The van der Waals surface area contributed by atoms with E-state index in [-0.39, 0.29) is 24.2 Å². The Morgan fingerprint density at radius 3 is 2.39 bits per heavy atom. The number of primary amides is 1. The molecule has 3 rings (SSSR count). The smallest absolute Gasteiger partial charge is 0.369 e. The largest absolute Gasteiger partial charge is 0.416 e. The SMILES string of the molecule is CC1CC(C(N)=O)c2ccccc2N1CC(=O)Nc1ccc(C(F)(F)F)cc1. The van der Waals surface area contributed by atoms with E-state index in [0.717, 1.165) is 23.4 Å². The van der Waals surface area contributed by atoms with Gasteiger partial charge in [0.2, 0.25) is 11.8 Å². The number of halogens is 3. The molecule has 0 bridgehead atoms. The van der Waals surface area contributed by atoms with Crippen LogP contribution in [0.3, 0.4) is 0 Å². The summed E-state index contributed by atoms with van der Waals surface area (Å²) in [5.74, 6) is -1.19. The number of anilines is 2. The third-order valence-corrected chi connectivity index (χ3v) is 4.88. The van der Waals surface area contributed by atoms with Crippen LogP contribution < -0.4 is 16.0 Å². The molecule has 2 unspecified atom stereocenters. The van der Waals surface area contributed by atoms with E-state index in [9.17, 15) is 22.8 Å². The average Bonchev–Trinajstić information content (AvgIpc) is 2.63. The summed E-state index contributed by atoms with van der Waals surface area (Å²) in [7, 11) is 0. The van der Waals surface area contributed by atoms with Crippen LogP contribution in [0.15, 0.2) is 48.5 Å². The van der Waals surface area contributed by atoms with Gasteiger partial charge in [0.05, 0.1) is 18.0 Å². The zero-order valence-electron chi connectivity index (χ0n) is 15.2. The average molecular weight is 391 g/mol. The second kappa shape index (κ2) is 7.53. The Bertz CT molecular complexity index is 881. The van der Waals surface area contributed by atoms with Gasteiger partial charge in [-0.1, -0.05) is 18.2 Å².